The van der Waals surface area contributed by atoms with E-state index >= 15 is 0 Å². The number of nitrogens with one attached hydrogen (secondary N) is 2. The standard InChI is InChI=1S/C18H17N5O5/c1-2-27-17(25)14-11(20-18(26)21-15(14)13-4-3-9-28-13)10-22-7-8-23-12(16(22)24)5-6-19-23/h3-9,15H,2,10H2,1H3,(H2,20,21,26). The third kappa shape index (κ3) is 3.04. The van der Waals surface area contributed by atoms with E-state index < -0.39 is 18.0 Å². The van der Waals surface area contributed by atoms with Gasteiger partial charge in [0.25, 0.3) is 5.56 Å². The van der Waals surface area contributed by atoms with Crippen LogP contribution < -0.4 is 16.2 Å². The molecule has 1 aliphatic heterocycles. The lowest BCUT2D eigenvalue weighted by Gasteiger charge is -2.28. The number of furan rings is 1. The number of rotatable bonds is 5. The molecular weight excluding hydrogens is 366 g/mol. The van der Waals surface area contributed by atoms with Gasteiger partial charge in [-0.15, -0.1) is 0 Å². The van der Waals surface area contributed by atoms with Gasteiger partial charge in [-0.05, 0) is 25.1 Å². The summed E-state index contributed by atoms with van der Waals surface area (Å²) in [5, 5.41) is 9.30. The van der Waals surface area contributed by atoms with Crippen molar-refractivity contribution in [3.8, 4) is 0 Å². The zero-order chi connectivity index (χ0) is 19.7. The zero-order valence-corrected chi connectivity index (χ0v) is 14.9. The third-order valence-electron chi connectivity index (χ3n) is 4.34. The highest BCUT2D eigenvalue weighted by molar-refractivity contribution is 5.94. The molecule has 1 atom stereocenters. The van der Waals surface area contributed by atoms with E-state index in [0.29, 0.717) is 11.3 Å². The number of carbonyl (C=O) groups is 2. The average Bonchev–Trinajstić information content (AvgIpc) is 3.35. The molecule has 1 aliphatic rings. The van der Waals surface area contributed by atoms with Crippen molar-refractivity contribution in [2.75, 3.05) is 6.61 Å². The Hall–Kier alpha value is -3.82. The van der Waals surface area contributed by atoms with Crippen LogP contribution in [0.25, 0.3) is 5.52 Å². The zero-order valence-electron chi connectivity index (χ0n) is 14.9. The summed E-state index contributed by atoms with van der Waals surface area (Å²) in [7, 11) is 0. The van der Waals surface area contributed by atoms with Gasteiger partial charge in [-0.3, -0.25) is 4.79 Å². The monoisotopic (exact) mass is 383 g/mol. The van der Waals surface area contributed by atoms with Gasteiger partial charge in [0, 0.05) is 12.4 Å². The van der Waals surface area contributed by atoms with Gasteiger partial charge in [0.15, 0.2) is 0 Å². The molecule has 1 unspecified atom stereocenters. The number of hydrogen-bond donors (Lipinski definition) is 2. The van der Waals surface area contributed by atoms with Crippen LogP contribution in [0.1, 0.15) is 18.7 Å². The highest BCUT2D eigenvalue weighted by atomic mass is 16.5. The Morgan fingerprint density at radius 1 is 1.32 bits per heavy atom. The second-order valence-corrected chi connectivity index (χ2v) is 6.05. The Bertz CT molecular complexity index is 1120. The second-order valence-electron chi connectivity index (χ2n) is 6.05. The minimum absolute atomic E-state index is 0.0285. The molecular formula is C18H17N5O5. The third-order valence-corrected chi connectivity index (χ3v) is 4.34. The lowest BCUT2D eigenvalue weighted by atomic mass is 10.00. The van der Waals surface area contributed by atoms with Crippen LogP contribution in [0.5, 0.6) is 0 Å². The molecule has 0 fully saturated rings. The lowest BCUT2D eigenvalue weighted by molar-refractivity contribution is -0.139. The van der Waals surface area contributed by atoms with E-state index in [9.17, 15) is 14.4 Å². The van der Waals surface area contributed by atoms with Crippen LogP contribution in [0.3, 0.4) is 0 Å². The molecule has 2 amide bonds. The summed E-state index contributed by atoms with van der Waals surface area (Å²) in [6, 6.07) is 3.56. The molecule has 4 rings (SSSR count). The minimum atomic E-state index is -0.827. The van der Waals surface area contributed by atoms with E-state index in [1.54, 1.807) is 31.3 Å². The number of nitrogens with zero attached hydrogens (tertiary/aromatic N) is 3. The van der Waals surface area contributed by atoms with Crippen molar-refractivity contribution in [1.82, 2.24) is 24.8 Å². The summed E-state index contributed by atoms with van der Waals surface area (Å²) in [5.41, 5.74) is 0.507. The Balaban J connectivity index is 1.81. The first-order valence-corrected chi connectivity index (χ1v) is 8.62. The molecule has 3 aromatic rings. The molecule has 0 bridgehead atoms. The van der Waals surface area contributed by atoms with E-state index in [0.717, 1.165) is 0 Å². The van der Waals surface area contributed by atoms with Crippen LogP contribution in [0.15, 0.2) is 63.5 Å². The van der Waals surface area contributed by atoms with Gasteiger partial charge < -0.3 is 24.4 Å². The quantitative estimate of drug-likeness (QED) is 0.633. The number of hydrogen-bond acceptors (Lipinski definition) is 6. The van der Waals surface area contributed by atoms with Crippen LogP contribution in [-0.2, 0) is 16.1 Å². The largest absolute Gasteiger partial charge is 0.467 e. The van der Waals surface area contributed by atoms with Gasteiger partial charge in [0.2, 0.25) is 0 Å². The highest BCUT2D eigenvalue weighted by Crippen LogP contribution is 2.28. The van der Waals surface area contributed by atoms with Gasteiger partial charge in [-0.2, -0.15) is 5.10 Å². The summed E-state index contributed by atoms with van der Waals surface area (Å²) < 4.78 is 13.4. The van der Waals surface area contributed by atoms with Crippen molar-refractivity contribution in [3.63, 3.8) is 0 Å². The average molecular weight is 383 g/mol. The van der Waals surface area contributed by atoms with E-state index in [2.05, 4.69) is 15.7 Å². The van der Waals surface area contributed by atoms with E-state index in [-0.39, 0.29) is 30.0 Å². The molecule has 0 radical (unpaired) electrons. The fourth-order valence-electron chi connectivity index (χ4n) is 3.12. The molecule has 0 aromatic carbocycles. The number of allylic oxidation sites excluding steroid dienone is 1. The molecule has 2 N–H and O–H groups in total. The number of amides is 2. The van der Waals surface area contributed by atoms with Crippen LogP contribution in [0, 0.1) is 0 Å². The number of fused-ring (bicyclic) bond motifs is 1. The highest BCUT2D eigenvalue weighted by Gasteiger charge is 2.35. The first-order chi connectivity index (χ1) is 13.6. The number of aromatic nitrogens is 3. The van der Waals surface area contributed by atoms with Crippen molar-refractivity contribution >= 4 is 17.5 Å². The van der Waals surface area contributed by atoms with Crippen LogP contribution in [0.2, 0.25) is 0 Å². The lowest BCUT2D eigenvalue weighted by Crippen LogP contribution is -2.47. The molecule has 10 nitrogen and oxygen atoms in total. The first kappa shape index (κ1) is 17.6. The van der Waals surface area contributed by atoms with Crippen molar-refractivity contribution in [1.29, 1.82) is 0 Å². The maximum Gasteiger partial charge on any atom is 0.338 e. The second kappa shape index (κ2) is 7.06. The number of carbonyl (C=O) groups excluding carboxylic acids is 2. The molecule has 3 aromatic heterocycles. The van der Waals surface area contributed by atoms with Crippen molar-refractivity contribution in [2.45, 2.75) is 19.5 Å². The molecule has 28 heavy (non-hydrogen) atoms. The molecule has 10 heteroatoms. The fourth-order valence-corrected chi connectivity index (χ4v) is 3.12. The summed E-state index contributed by atoms with van der Waals surface area (Å²) in [5.74, 6) is -0.223. The molecule has 0 aliphatic carbocycles. The smallest absolute Gasteiger partial charge is 0.338 e. The molecule has 4 heterocycles. The number of esters is 1. The SMILES string of the molecule is CCOC(=O)C1=C(Cn2ccn3nccc3c2=O)NC(=O)NC1c1ccco1. The Morgan fingerprint density at radius 3 is 2.93 bits per heavy atom. The maximum atomic E-state index is 12.7. The first-order valence-electron chi connectivity index (χ1n) is 8.62. The Labute approximate surface area is 158 Å². The van der Waals surface area contributed by atoms with E-state index in [4.69, 9.17) is 9.15 Å². The topological polar surface area (TPSA) is 120 Å². The summed E-state index contributed by atoms with van der Waals surface area (Å²) >= 11 is 0. The molecule has 144 valence electrons. The number of urea groups is 1. The van der Waals surface area contributed by atoms with Gasteiger partial charge in [0.1, 0.15) is 17.3 Å². The summed E-state index contributed by atoms with van der Waals surface area (Å²) in [4.78, 5) is 37.5. The van der Waals surface area contributed by atoms with Gasteiger partial charge >= 0.3 is 12.0 Å². The summed E-state index contributed by atoms with van der Waals surface area (Å²) in [6.07, 6.45) is 6.12. The Kier molecular flexibility index (Phi) is 4.44. The van der Waals surface area contributed by atoms with Crippen molar-refractivity contribution < 1.29 is 18.7 Å². The van der Waals surface area contributed by atoms with Crippen molar-refractivity contribution in [3.05, 3.63) is 70.4 Å². The predicted octanol–water partition coefficient (Wildman–Crippen LogP) is 0.960. The van der Waals surface area contributed by atoms with E-state index in [1.807, 2.05) is 0 Å². The van der Waals surface area contributed by atoms with Gasteiger partial charge in [-0.1, -0.05) is 0 Å². The van der Waals surface area contributed by atoms with Crippen LogP contribution >= 0.6 is 0 Å². The molecule has 0 saturated carbocycles. The minimum Gasteiger partial charge on any atom is -0.467 e. The molecule has 0 saturated heterocycles. The predicted molar refractivity (Wildman–Crippen MR) is 96.2 cm³/mol. The van der Waals surface area contributed by atoms with Gasteiger partial charge in [0.05, 0.1) is 36.9 Å². The Morgan fingerprint density at radius 2 is 2.18 bits per heavy atom. The van der Waals surface area contributed by atoms with E-state index in [1.165, 1.54) is 27.7 Å². The molecule has 0 spiro atoms. The van der Waals surface area contributed by atoms with Crippen LogP contribution in [0.4, 0.5) is 4.79 Å². The fraction of sp³-hybridized carbons (Fsp3) is 0.222. The van der Waals surface area contributed by atoms with Crippen LogP contribution in [-0.4, -0.2) is 32.8 Å². The summed E-state index contributed by atoms with van der Waals surface area (Å²) in [6.45, 7) is 1.82. The van der Waals surface area contributed by atoms with Crippen molar-refractivity contribution in [2.24, 2.45) is 0 Å². The maximum absolute atomic E-state index is 12.7. The normalized spacial score (nSPS) is 16.8. The number of ether oxygens (including phenoxy) is 1. The van der Waals surface area contributed by atoms with Gasteiger partial charge in [-0.25, -0.2) is 14.1 Å².